The Balaban J connectivity index is 2.16. The normalized spacial score (nSPS) is 14.0. The van der Waals surface area contributed by atoms with Crippen LogP contribution in [0.25, 0.3) is 5.69 Å². The fourth-order valence-electron chi connectivity index (χ4n) is 2.25. The van der Waals surface area contributed by atoms with Gasteiger partial charge in [0.1, 0.15) is 5.82 Å². The Bertz CT molecular complexity index is 590. The molecule has 0 atom stereocenters. The number of hydrogen-bond acceptors (Lipinski definition) is 2. The van der Waals surface area contributed by atoms with Gasteiger partial charge in [0.25, 0.3) is 0 Å². The topological polar surface area (TPSA) is 43.8 Å². The summed E-state index contributed by atoms with van der Waals surface area (Å²) < 4.78 is 1.71. The van der Waals surface area contributed by atoms with Crippen LogP contribution in [0.15, 0.2) is 18.2 Å². The lowest BCUT2D eigenvalue weighted by Gasteiger charge is -2.07. The Morgan fingerprint density at radius 1 is 1.24 bits per heavy atom. The molecule has 0 aliphatic heterocycles. The molecule has 0 radical (unpaired) electrons. The average molecular weight is 268 g/mol. The maximum absolute atomic E-state index is 6.16. The Hall–Kier alpha value is -1.19. The molecule has 2 aromatic rings. The van der Waals surface area contributed by atoms with Crippen LogP contribution in [0.3, 0.4) is 0 Å². The molecule has 3 rings (SSSR count). The predicted octanol–water partition coefficient (Wildman–Crippen LogP) is 3.25. The summed E-state index contributed by atoms with van der Waals surface area (Å²) in [6.07, 6.45) is 3.14. The highest BCUT2D eigenvalue weighted by Gasteiger charge is 2.21. The SMILES string of the molecule is Nc1c2c(nn1-c1ccc(Cl)cc1Cl)CCC2. The summed E-state index contributed by atoms with van der Waals surface area (Å²) in [6.45, 7) is 0. The summed E-state index contributed by atoms with van der Waals surface area (Å²) in [5.41, 5.74) is 9.14. The van der Waals surface area contributed by atoms with Crippen molar-refractivity contribution in [1.29, 1.82) is 0 Å². The van der Waals surface area contributed by atoms with Gasteiger partial charge in [0.15, 0.2) is 0 Å². The fraction of sp³-hybridized carbons (Fsp3) is 0.250. The summed E-state index contributed by atoms with van der Waals surface area (Å²) in [4.78, 5) is 0. The van der Waals surface area contributed by atoms with Gasteiger partial charge < -0.3 is 5.73 Å². The highest BCUT2D eigenvalue weighted by Crippen LogP contribution is 2.31. The molecule has 1 heterocycles. The quantitative estimate of drug-likeness (QED) is 0.862. The van der Waals surface area contributed by atoms with Crippen molar-refractivity contribution >= 4 is 29.0 Å². The molecule has 0 amide bonds. The molecule has 5 heteroatoms. The Morgan fingerprint density at radius 2 is 2.06 bits per heavy atom. The molecular weight excluding hydrogens is 257 g/mol. The summed E-state index contributed by atoms with van der Waals surface area (Å²) in [6, 6.07) is 5.32. The fourth-order valence-corrected chi connectivity index (χ4v) is 2.74. The van der Waals surface area contributed by atoms with Crippen LogP contribution in [-0.4, -0.2) is 9.78 Å². The maximum Gasteiger partial charge on any atom is 0.130 e. The second-order valence-electron chi connectivity index (χ2n) is 4.17. The molecule has 1 aliphatic carbocycles. The number of rotatable bonds is 1. The Labute approximate surface area is 109 Å². The number of anilines is 1. The third-order valence-corrected chi connectivity index (χ3v) is 3.62. The minimum atomic E-state index is 0.561. The van der Waals surface area contributed by atoms with Crippen LogP contribution in [0.2, 0.25) is 10.0 Å². The first-order valence-corrected chi connectivity index (χ1v) is 6.24. The molecule has 0 saturated heterocycles. The molecule has 0 saturated carbocycles. The van der Waals surface area contributed by atoms with Crippen LogP contribution >= 0.6 is 23.2 Å². The van der Waals surface area contributed by atoms with Gasteiger partial charge >= 0.3 is 0 Å². The summed E-state index contributed by atoms with van der Waals surface area (Å²) >= 11 is 12.0. The van der Waals surface area contributed by atoms with E-state index < -0.39 is 0 Å². The molecule has 0 bridgehead atoms. The molecule has 1 aromatic heterocycles. The van der Waals surface area contributed by atoms with E-state index in [9.17, 15) is 0 Å². The van der Waals surface area contributed by atoms with E-state index in [1.807, 2.05) is 6.07 Å². The van der Waals surface area contributed by atoms with Crippen molar-refractivity contribution in [3.8, 4) is 5.69 Å². The first kappa shape index (κ1) is 10.9. The second kappa shape index (κ2) is 3.93. The van der Waals surface area contributed by atoms with Gasteiger partial charge in [-0.25, -0.2) is 4.68 Å². The summed E-state index contributed by atoms with van der Waals surface area (Å²) in [5.74, 6) is 0.696. The van der Waals surface area contributed by atoms with E-state index in [1.54, 1.807) is 16.8 Å². The second-order valence-corrected chi connectivity index (χ2v) is 5.02. The average Bonchev–Trinajstić information content (AvgIpc) is 2.83. The van der Waals surface area contributed by atoms with Crippen LogP contribution in [0, 0.1) is 0 Å². The zero-order valence-electron chi connectivity index (χ0n) is 9.08. The van der Waals surface area contributed by atoms with Gasteiger partial charge in [-0.1, -0.05) is 23.2 Å². The summed E-state index contributed by atoms with van der Waals surface area (Å²) in [5, 5.41) is 5.68. The molecule has 0 fully saturated rings. The van der Waals surface area contributed by atoms with E-state index in [1.165, 1.54) is 0 Å². The van der Waals surface area contributed by atoms with E-state index >= 15 is 0 Å². The molecular formula is C12H11Cl2N3. The van der Waals surface area contributed by atoms with E-state index in [4.69, 9.17) is 28.9 Å². The molecule has 0 spiro atoms. The monoisotopic (exact) mass is 267 g/mol. The maximum atomic E-state index is 6.16. The highest BCUT2D eigenvalue weighted by atomic mass is 35.5. The number of hydrogen-bond donors (Lipinski definition) is 1. The number of nitrogens with zero attached hydrogens (tertiary/aromatic N) is 2. The number of nitrogen functional groups attached to an aromatic ring is 1. The molecule has 2 N–H and O–H groups in total. The first-order chi connectivity index (χ1) is 8.16. The van der Waals surface area contributed by atoms with E-state index in [0.29, 0.717) is 15.9 Å². The molecule has 0 unspecified atom stereocenters. The van der Waals surface area contributed by atoms with E-state index in [2.05, 4.69) is 5.10 Å². The summed E-state index contributed by atoms with van der Waals surface area (Å²) in [7, 11) is 0. The number of aromatic nitrogens is 2. The van der Waals surface area contributed by atoms with Gasteiger partial charge in [-0.05, 0) is 37.5 Å². The van der Waals surface area contributed by atoms with Crippen LogP contribution < -0.4 is 5.73 Å². The first-order valence-electron chi connectivity index (χ1n) is 5.48. The Morgan fingerprint density at radius 3 is 2.76 bits per heavy atom. The van der Waals surface area contributed by atoms with Crippen LogP contribution in [0.5, 0.6) is 0 Å². The number of fused-ring (bicyclic) bond motifs is 1. The third-order valence-electron chi connectivity index (χ3n) is 3.08. The third kappa shape index (κ3) is 1.70. The van der Waals surface area contributed by atoms with Gasteiger partial charge in [-0.15, -0.1) is 0 Å². The lowest BCUT2D eigenvalue weighted by Crippen LogP contribution is -2.04. The largest absolute Gasteiger partial charge is 0.383 e. The van der Waals surface area contributed by atoms with Crippen LogP contribution in [0.4, 0.5) is 5.82 Å². The number of aryl methyl sites for hydroxylation is 1. The van der Waals surface area contributed by atoms with Crippen molar-refractivity contribution in [2.24, 2.45) is 0 Å². The lowest BCUT2D eigenvalue weighted by atomic mass is 10.2. The molecule has 88 valence electrons. The van der Waals surface area contributed by atoms with E-state index in [0.717, 1.165) is 36.2 Å². The van der Waals surface area contributed by atoms with Gasteiger partial charge in [0.05, 0.1) is 16.4 Å². The number of halogens is 2. The Kier molecular flexibility index (Phi) is 2.53. The van der Waals surface area contributed by atoms with Crippen molar-refractivity contribution < 1.29 is 0 Å². The van der Waals surface area contributed by atoms with Gasteiger partial charge in [0.2, 0.25) is 0 Å². The smallest absolute Gasteiger partial charge is 0.130 e. The van der Waals surface area contributed by atoms with Crippen molar-refractivity contribution in [3.05, 3.63) is 39.5 Å². The van der Waals surface area contributed by atoms with Gasteiger partial charge in [0, 0.05) is 10.6 Å². The molecule has 1 aliphatic rings. The molecule has 3 nitrogen and oxygen atoms in total. The minimum absolute atomic E-state index is 0.561. The standard InChI is InChI=1S/C12H11Cl2N3/c13-7-4-5-11(9(14)6-7)17-12(15)8-2-1-3-10(8)16-17/h4-6H,1-3,15H2. The van der Waals surface area contributed by atoms with Crippen molar-refractivity contribution in [3.63, 3.8) is 0 Å². The number of benzene rings is 1. The van der Waals surface area contributed by atoms with Crippen LogP contribution in [-0.2, 0) is 12.8 Å². The van der Waals surface area contributed by atoms with Crippen molar-refractivity contribution in [2.45, 2.75) is 19.3 Å². The van der Waals surface area contributed by atoms with Crippen molar-refractivity contribution in [1.82, 2.24) is 9.78 Å². The molecule has 1 aromatic carbocycles. The minimum Gasteiger partial charge on any atom is -0.383 e. The predicted molar refractivity (Wildman–Crippen MR) is 70.0 cm³/mol. The lowest BCUT2D eigenvalue weighted by molar-refractivity contribution is 0.808. The van der Waals surface area contributed by atoms with E-state index in [-0.39, 0.29) is 0 Å². The van der Waals surface area contributed by atoms with Gasteiger partial charge in [-0.2, -0.15) is 5.10 Å². The zero-order chi connectivity index (χ0) is 12.0. The number of nitrogens with two attached hydrogens (primary N) is 1. The zero-order valence-corrected chi connectivity index (χ0v) is 10.6. The molecule has 17 heavy (non-hydrogen) atoms. The van der Waals surface area contributed by atoms with Crippen LogP contribution in [0.1, 0.15) is 17.7 Å². The van der Waals surface area contributed by atoms with Gasteiger partial charge in [-0.3, -0.25) is 0 Å². The van der Waals surface area contributed by atoms with Crippen molar-refractivity contribution in [2.75, 3.05) is 5.73 Å². The highest BCUT2D eigenvalue weighted by molar-refractivity contribution is 6.35.